The average Bonchev–Trinajstić information content (AvgIpc) is 3.36. The summed E-state index contributed by atoms with van der Waals surface area (Å²) >= 11 is 0. The third-order valence-electron chi connectivity index (χ3n) is 5.03. The first-order chi connectivity index (χ1) is 12.3. The third-order valence-corrected chi connectivity index (χ3v) is 6.94. The number of nitrogens with zero attached hydrogens (tertiary/aromatic N) is 4. The van der Waals surface area contributed by atoms with Crippen molar-refractivity contribution in [2.75, 3.05) is 27.2 Å². The van der Waals surface area contributed by atoms with E-state index in [2.05, 4.69) is 15.7 Å². The van der Waals surface area contributed by atoms with E-state index in [4.69, 9.17) is 0 Å². The van der Waals surface area contributed by atoms with Gasteiger partial charge in [-0.15, -0.1) is 0 Å². The second-order valence-corrected chi connectivity index (χ2v) is 9.40. The molecule has 0 unspecified atom stereocenters. The predicted molar refractivity (Wildman–Crippen MR) is 97.8 cm³/mol. The molecule has 1 aliphatic heterocycles. The van der Waals surface area contributed by atoms with Crippen molar-refractivity contribution in [3.8, 4) is 0 Å². The van der Waals surface area contributed by atoms with Crippen LogP contribution in [-0.4, -0.2) is 66.1 Å². The minimum Gasteiger partial charge on any atom is -0.334 e. The van der Waals surface area contributed by atoms with Crippen molar-refractivity contribution in [2.45, 2.75) is 44.2 Å². The van der Waals surface area contributed by atoms with Gasteiger partial charge < -0.3 is 10.6 Å². The number of rotatable bonds is 6. The highest BCUT2D eigenvalue weighted by Crippen LogP contribution is 2.41. The highest BCUT2D eigenvalue weighted by Gasteiger charge is 2.31. The van der Waals surface area contributed by atoms with Crippen LogP contribution < -0.4 is 10.6 Å². The number of carbonyl (C=O) groups excluding carboxylic acids is 1. The molecule has 2 aliphatic rings. The Kier molecular flexibility index (Phi) is 5.54. The van der Waals surface area contributed by atoms with Crippen LogP contribution in [0.5, 0.6) is 0 Å². The molecule has 1 aliphatic carbocycles. The molecule has 0 bridgehead atoms. The highest BCUT2D eigenvalue weighted by atomic mass is 32.2. The minimum absolute atomic E-state index is 0.187. The normalized spacial score (nSPS) is 21.8. The van der Waals surface area contributed by atoms with Crippen LogP contribution in [0.3, 0.4) is 0 Å². The number of urea groups is 1. The molecular formula is C16H28N6O3S. The van der Waals surface area contributed by atoms with Crippen molar-refractivity contribution < 1.29 is 13.2 Å². The average molecular weight is 385 g/mol. The zero-order valence-electron chi connectivity index (χ0n) is 15.6. The summed E-state index contributed by atoms with van der Waals surface area (Å²) in [6.07, 6.45) is 5.75. The smallest absolute Gasteiger partial charge is 0.315 e. The van der Waals surface area contributed by atoms with Crippen molar-refractivity contribution in [1.82, 2.24) is 29.0 Å². The maximum absolute atomic E-state index is 12.3. The Labute approximate surface area is 154 Å². The van der Waals surface area contributed by atoms with Gasteiger partial charge in [0.25, 0.3) is 10.2 Å². The molecule has 2 fully saturated rings. The summed E-state index contributed by atoms with van der Waals surface area (Å²) in [7, 11) is 1.47. The van der Waals surface area contributed by atoms with E-state index in [9.17, 15) is 13.2 Å². The quantitative estimate of drug-likeness (QED) is 0.740. The van der Waals surface area contributed by atoms with Crippen LogP contribution in [0.15, 0.2) is 6.20 Å². The molecule has 1 saturated carbocycles. The van der Waals surface area contributed by atoms with E-state index in [1.54, 1.807) is 4.68 Å². The molecule has 9 nitrogen and oxygen atoms in total. The molecule has 1 saturated heterocycles. The van der Waals surface area contributed by atoms with Crippen LogP contribution in [0.4, 0.5) is 4.79 Å². The molecular weight excluding hydrogens is 356 g/mol. The molecule has 2 heterocycles. The number of carbonyl (C=O) groups is 1. The van der Waals surface area contributed by atoms with Gasteiger partial charge >= 0.3 is 6.03 Å². The second kappa shape index (κ2) is 7.53. The lowest BCUT2D eigenvalue weighted by Crippen LogP contribution is -2.53. The summed E-state index contributed by atoms with van der Waals surface area (Å²) in [6.45, 7) is 1.20. The monoisotopic (exact) mass is 384 g/mol. The van der Waals surface area contributed by atoms with Crippen LogP contribution in [0.1, 0.15) is 42.9 Å². The Balaban J connectivity index is 1.53. The van der Waals surface area contributed by atoms with E-state index >= 15 is 0 Å². The van der Waals surface area contributed by atoms with Crippen molar-refractivity contribution in [3.05, 3.63) is 17.5 Å². The number of aryl methyl sites for hydroxylation is 1. The van der Waals surface area contributed by atoms with Crippen LogP contribution in [0.2, 0.25) is 0 Å². The van der Waals surface area contributed by atoms with Crippen molar-refractivity contribution in [3.63, 3.8) is 0 Å². The molecule has 1 atom stereocenters. The number of piperidine rings is 1. The Morgan fingerprint density at radius 1 is 1.35 bits per heavy atom. The maximum Gasteiger partial charge on any atom is 0.315 e. The topological polar surface area (TPSA) is 99.6 Å². The van der Waals surface area contributed by atoms with Gasteiger partial charge in [-0.2, -0.15) is 22.1 Å². The fourth-order valence-electron chi connectivity index (χ4n) is 3.33. The van der Waals surface area contributed by atoms with E-state index in [-0.39, 0.29) is 12.1 Å². The molecule has 2 N–H and O–H groups in total. The van der Waals surface area contributed by atoms with E-state index in [1.807, 2.05) is 13.2 Å². The molecule has 1 aromatic rings. The summed E-state index contributed by atoms with van der Waals surface area (Å²) in [4.78, 5) is 12.3. The van der Waals surface area contributed by atoms with Gasteiger partial charge in [-0.05, 0) is 37.2 Å². The molecule has 0 aromatic carbocycles. The molecule has 26 heavy (non-hydrogen) atoms. The number of aromatic nitrogens is 2. The van der Waals surface area contributed by atoms with Crippen LogP contribution in [0.25, 0.3) is 0 Å². The van der Waals surface area contributed by atoms with Gasteiger partial charge in [-0.1, -0.05) is 0 Å². The van der Waals surface area contributed by atoms with Gasteiger partial charge in [-0.3, -0.25) is 4.68 Å². The first-order valence-corrected chi connectivity index (χ1v) is 10.4. The molecule has 146 valence electrons. The number of nitrogens with one attached hydrogen (secondary N) is 2. The van der Waals surface area contributed by atoms with E-state index in [0.29, 0.717) is 25.6 Å². The molecule has 0 radical (unpaired) electrons. The Bertz CT molecular complexity index is 756. The van der Waals surface area contributed by atoms with Gasteiger partial charge in [0.05, 0.1) is 18.4 Å². The fourth-order valence-corrected chi connectivity index (χ4v) is 4.52. The van der Waals surface area contributed by atoms with Crippen LogP contribution in [0, 0.1) is 0 Å². The summed E-state index contributed by atoms with van der Waals surface area (Å²) in [5, 5.41) is 10.1. The molecule has 2 amide bonds. The Morgan fingerprint density at radius 2 is 2.08 bits per heavy atom. The van der Waals surface area contributed by atoms with Gasteiger partial charge in [0, 0.05) is 40.3 Å². The van der Waals surface area contributed by atoms with Crippen molar-refractivity contribution in [1.29, 1.82) is 0 Å². The number of amides is 2. The molecule has 1 aromatic heterocycles. The lowest BCUT2D eigenvalue weighted by atomic mass is 10.1. The largest absolute Gasteiger partial charge is 0.334 e. The molecule has 3 rings (SSSR count). The van der Waals surface area contributed by atoms with Gasteiger partial charge in [0.1, 0.15) is 0 Å². The molecule has 10 heteroatoms. The van der Waals surface area contributed by atoms with Gasteiger partial charge in [-0.25, -0.2) is 4.79 Å². The van der Waals surface area contributed by atoms with Crippen LogP contribution >= 0.6 is 0 Å². The second-order valence-electron chi connectivity index (χ2n) is 7.26. The van der Waals surface area contributed by atoms with Crippen molar-refractivity contribution in [2.24, 2.45) is 7.05 Å². The predicted octanol–water partition coefficient (Wildman–Crippen LogP) is 0.368. The first kappa shape index (κ1) is 19.1. The number of hydrogen-bond donors (Lipinski definition) is 2. The summed E-state index contributed by atoms with van der Waals surface area (Å²) < 4.78 is 28.9. The Hall–Kier alpha value is -1.65. The number of hydrogen-bond acceptors (Lipinski definition) is 4. The third kappa shape index (κ3) is 4.18. The van der Waals surface area contributed by atoms with E-state index in [0.717, 1.165) is 18.5 Å². The van der Waals surface area contributed by atoms with Gasteiger partial charge in [0.2, 0.25) is 0 Å². The van der Waals surface area contributed by atoms with E-state index < -0.39 is 10.2 Å². The van der Waals surface area contributed by atoms with Crippen molar-refractivity contribution >= 4 is 16.2 Å². The standard InChI is InChI=1S/C16H28N6O3S/c1-20(2)26(24,25)22-8-4-5-13(11-22)19-16(23)17-10-15-14(12-6-7-12)9-18-21(15)3/h9,12-13H,4-8,10-11H2,1-3H3,(H2,17,19,23)/t13-/m1/s1. The van der Waals surface area contributed by atoms with E-state index in [1.165, 1.54) is 41.1 Å². The maximum atomic E-state index is 12.3. The zero-order chi connectivity index (χ0) is 18.9. The fraction of sp³-hybridized carbons (Fsp3) is 0.750. The summed E-state index contributed by atoms with van der Waals surface area (Å²) in [5.41, 5.74) is 2.25. The molecule has 0 spiro atoms. The SMILES string of the molecule is CN(C)S(=O)(=O)N1CCC[C@@H](NC(=O)NCc2c(C3CC3)cnn2C)C1. The summed E-state index contributed by atoms with van der Waals surface area (Å²) in [5.74, 6) is 0.576. The Morgan fingerprint density at radius 3 is 2.73 bits per heavy atom. The first-order valence-electron chi connectivity index (χ1n) is 9.01. The lowest BCUT2D eigenvalue weighted by molar-refractivity contribution is 0.223. The minimum atomic E-state index is -3.45. The highest BCUT2D eigenvalue weighted by molar-refractivity contribution is 7.86. The lowest BCUT2D eigenvalue weighted by Gasteiger charge is -2.33. The van der Waals surface area contributed by atoms with Crippen LogP contribution in [-0.2, 0) is 23.8 Å². The van der Waals surface area contributed by atoms with Gasteiger partial charge in [0.15, 0.2) is 0 Å². The zero-order valence-corrected chi connectivity index (χ0v) is 16.4. The summed E-state index contributed by atoms with van der Waals surface area (Å²) in [6, 6.07) is -0.463.